The van der Waals surface area contributed by atoms with Crippen molar-refractivity contribution in [1.82, 2.24) is 4.57 Å². The van der Waals surface area contributed by atoms with Crippen molar-refractivity contribution in [2.45, 2.75) is 6.54 Å². The maximum atomic E-state index is 10.8. The third-order valence-corrected chi connectivity index (χ3v) is 3.20. The SMILES string of the molecule is COc1ccc(Cn2ccc(C(=O)O)c2)cc1Br. The van der Waals surface area contributed by atoms with Crippen LogP contribution in [0.1, 0.15) is 15.9 Å². The van der Waals surface area contributed by atoms with E-state index in [2.05, 4.69) is 15.9 Å². The maximum Gasteiger partial charge on any atom is 0.337 e. The van der Waals surface area contributed by atoms with E-state index in [4.69, 9.17) is 9.84 Å². The molecule has 0 bridgehead atoms. The molecule has 1 aromatic carbocycles. The van der Waals surface area contributed by atoms with Crippen LogP contribution in [-0.2, 0) is 6.54 Å². The van der Waals surface area contributed by atoms with E-state index in [1.54, 1.807) is 25.6 Å². The van der Waals surface area contributed by atoms with Gasteiger partial charge in [-0.3, -0.25) is 0 Å². The molecule has 5 heteroatoms. The summed E-state index contributed by atoms with van der Waals surface area (Å²) in [5.74, 6) is -0.137. The number of rotatable bonds is 4. The van der Waals surface area contributed by atoms with Crippen LogP contribution in [0.4, 0.5) is 0 Å². The summed E-state index contributed by atoms with van der Waals surface area (Å²) in [7, 11) is 1.62. The number of hydrogen-bond acceptors (Lipinski definition) is 2. The van der Waals surface area contributed by atoms with Gasteiger partial charge in [-0.15, -0.1) is 0 Å². The Labute approximate surface area is 113 Å². The Hall–Kier alpha value is -1.75. The average Bonchev–Trinajstić information content (AvgIpc) is 2.78. The molecule has 18 heavy (non-hydrogen) atoms. The molecule has 2 aromatic rings. The largest absolute Gasteiger partial charge is 0.496 e. The van der Waals surface area contributed by atoms with Crippen LogP contribution in [0.5, 0.6) is 5.75 Å². The van der Waals surface area contributed by atoms with Crippen LogP contribution in [0.25, 0.3) is 0 Å². The lowest BCUT2D eigenvalue weighted by Gasteiger charge is -2.07. The standard InChI is InChI=1S/C13H12BrNO3/c1-18-12-3-2-9(6-11(12)14)7-15-5-4-10(8-15)13(16)17/h2-6,8H,7H2,1H3,(H,16,17). The van der Waals surface area contributed by atoms with Crippen molar-refractivity contribution < 1.29 is 14.6 Å². The summed E-state index contributed by atoms with van der Waals surface area (Å²) in [6.07, 6.45) is 3.36. The number of carboxylic acid groups (broad SMARTS) is 1. The maximum absolute atomic E-state index is 10.8. The molecule has 4 nitrogen and oxygen atoms in total. The first-order chi connectivity index (χ1) is 8.60. The van der Waals surface area contributed by atoms with Crippen molar-refractivity contribution >= 4 is 21.9 Å². The molecule has 1 heterocycles. The van der Waals surface area contributed by atoms with E-state index in [9.17, 15) is 4.79 Å². The van der Waals surface area contributed by atoms with Crippen molar-refractivity contribution in [3.63, 3.8) is 0 Å². The normalized spacial score (nSPS) is 10.3. The Balaban J connectivity index is 2.18. The zero-order chi connectivity index (χ0) is 13.1. The third kappa shape index (κ3) is 2.73. The number of aromatic carboxylic acids is 1. The van der Waals surface area contributed by atoms with Gasteiger partial charge in [0.15, 0.2) is 0 Å². The molecule has 0 aliphatic heterocycles. The van der Waals surface area contributed by atoms with E-state index in [0.717, 1.165) is 15.8 Å². The minimum absolute atomic E-state index is 0.294. The average molecular weight is 310 g/mol. The fourth-order valence-electron chi connectivity index (χ4n) is 1.68. The minimum Gasteiger partial charge on any atom is -0.496 e. The second-order valence-electron chi connectivity index (χ2n) is 3.85. The summed E-state index contributed by atoms with van der Waals surface area (Å²) in [6.45, 7) is 0.621. The highest BCUT2D eigenvalue weighted by atomic mass is 79.9. The van der Waals surface area contributed by atoms with Crippen LogP contribution < -0.4 is 4.74 Å². The molecular formula is C13H12BrNO3. The van der Waals surface area contributed by atoms with Gasteiger partial charge in [-0.25, -0.2) is 4.79 Å². The van der Waals surface area contributed by atoms with Gasteiger partial charge in [0.1, 0.15) is 5.75 Å². The van der Waals surface area contributed by atoms with Gasteiger partial charge in [-0.05, 0) is 39.7 Å². The fraction of sp³-hybridized carbons (Fsp3) is 0.154. The van der Waals surface area contributed by atoms with E-state index >= 15 is 0 Å². The molecule has 0 aliphatic rings. The lowest BCUT2D eigenvalue weighted by molar-refractivity contribution is 0.0697. The summed E-state index contributed by atoms with van der Waals surface area (Å²) in [5.41, 5.74) is 1.36. The molecule has 0 aliphatic carbocycles. The first-order valence-electron chi connectivity index (χ1n) is 5.31. The van der Waals surface area contributed by atoms with E-state index < -0.39 is 5.97 Å². The summed E-state index contributed by atoms with van der Waals surface area (Å²) < 4.78 is 7.87. The van der Waals surface area contributed by atoms with Crippen molar-refractivity contribution in [3.8, 4) is 5.75 Å². The zero-order valence-electron chi connectivity index (χ0n) is 9.76. The predicted octanol–water partition coefficient (Wildman–Crippen LogP) is 3.01. The van der Waals surface area contributed by atoms with E-state index in [0.29, 0.717) is 12.1 Å². The van der Waals surface area contributed by atoms with Crippen LogP contribution in [0, 0.1) is 0 Å². The number of methoxy groups -OCH3 is 1. The van der Waals surface area contributed by atoms with Gasteiger partial charge in [0.2, 0.25) is 0 Å². The molecule has 0 fully saturated rings. The second-order valence-corrected chi connectivity index (χ2v) is 4.70. The molecule has 0 amide bonds. The summed E-state index contributed by atoms with van der Waals surface area (Å²) in [4.78, 5) is 10.8. The van der Waals surface area contributed by atoms with Crippen molar-refractivity contribution in [2.75, 3.05) is 7.11 Å². The van der Waals surface area contributed by atoms with Gasteiger partial charge in [0, 0.05) is 18.9 Å². The highest BCUT2D eigenvalue weighted by Gasteiger charge is 2.06. The van der Waals surface area contributed by atoms with Crippen LogP contribution in [0.3, 0.4) is 0 Å². The molecule has 0 spiro atoms. The Kier molecular flexibility index (Phi) is 3.72. The van der Waals surface area contributed by atoms with Crippen LogP contribution in [0.15, 0.2) is 41.1 Å². The van der Waals surface area contributed by atoms with E-state index in [1.165, 1.54) is 0 Å². The number of carbonyl (C=O) groups is 1. The van der Waals surface area contributed by atoms with Gasteiger partial charge in [0.05, 0.1) is 17.1 Å². The Morgan fingerprint density at radius 2 is 2.22 bits per heavy atom. The zero-order valence-corrected chi connectivity index (χ0v) is 11.3. The molecule has 0 saturated carbocycles. The van der Waals surface area contributed by atoms with Gasteiger partial charge >= 0.3 is 5.97 Å². The van der Waals surface area contributed by atoms with Crippen molar-refractivity contribution in [3.05, 3.63) is 52.3 Å². The number of halogens is 1. The number of ether oxygens (including phenoxy) is 1. The number of nitrogens with zero attached hydrogens (tertiary/aromatic N) is 1. The Bertz CT molecular complexity index is 577. The lowest BCUT2D eigenvalue weighted by Crippen LogP contribution is -1.98. The molecular weight excluding hydrogens is 298 g/mol. The smallest absolute Gasteiger partial charge is 0.337 e. The van der Waals surface area contributed by atoms with Crippen LogP contribution >= 0.6 is 15.9 Å². The monoisotopic (exact) mass is 309 g/mol. The van der Waals surface area contributed by atoms with Crippen LogP contribution in [0.2, 0.25) is 0 Å². The van der Waals surface area contributed by atoms with Gasteiger partial charge < -0.3 is 14.4 Å². The highest BCUT2D eigenvalue weighted by Crippen LogP contribution is 2.25. The van der Waals surface area contributed by atoms with Gasteiger partial charge in [-0.2, -0.15) is 0 Å². The summed E-state index contributed by atoms with van der Waals surface area (Å²) in [6, 6.07) is 7.37. The number of aromatic nitrogens is 1. The quantitative estimate of drug-likeness (QED) is 0.944. The van der Waals surface area contributed by atoms with E-state index in [-0.39, 0.29) is 0 Å². The Morgan fingerprint density at radius 3 is 2.78 bits per heavy atom. The molecule has 2 rings (SSSR count). The predicted molar refractivity (Wildman–Crippen MR) is 71.2 cm³/mol. The lowest BCUT2D eigenvalue weighted by atomic mass is 10.2. The number of hydrogen-bond donors (Lipinski definition) is 1. The molecule has 0 unspecified atom stereocenters. The topological polar surface area (TPSA) is 51.5 Å². The van der Waals surface area contributed by atoms with Gasteiger partial charge in [-0.1, -0.05) is 6.07 Å². The van der Waals surface area contributed by atoms with Crippen LogP contribution in [-0.4, -0.2) is 22.8 Å². The second kappa shape index (κ2) is 5.27. The summed E-state index contributed by atoms with van der Waals surface area (Å²) in [5, 5.41) is 8.84. The van der Waals surface area contributed by atoms with Gasteiger partial charge in [0.25, 0.3) is 0 Å². The first kappa shape index (κ1) is 12.7. The molecule has 94 valence electrons. The highest BCUT2D eigenvalue weighted by molar-refractivity contribution is 9.10. The molecule has 1 N–H and O–H groups in total. The fourth-order valence-corrected chi connectivity index (χ4v) is 2.27. The third-order valence-electron chi connectivity index (χ3n) is 2.58. The Morgan fingerprint density at radius 1 is 1.44 bits per heavy atom. The first-order valence-corrected chi connectivity index (χ1v) is 6.11. The molecule has 1 aromatic heterocycles. The minimum atomic E-state index is -0.912. The molecule has 0 radical (unpaired) electrons. The van der Waals surface area contributed by atoms with Crippen molar-refractivity contribution in [1.29, 1.82) is 0 Å². The molecule has 0 atom stereocenters. The number of benzene rings is 1. The van der Waals surface area contributed by atoms with E-state index in [1.807, 2.05) is 22.8 Å². The summed E-state index contributed by atoms with van der Waals surface area (Å²) >= 11 is 3.42. The molecule has 0 saturated heterocycles. The van der Waals surface area contributed by atoms with Crippen molar-refractivity contribution in [2.24, 2.45) is 0 Å². The number of carboxylic acids is 1.